The minimum absolute atomic E-state index is 0.0928. The Bertz CT molecular complexity index is 765. The van der Waals surface area contributed by atoms with Crippen molar-refractivity contribution in [1.82, 2.24) is 4.98 Å². The zero-order valence-electron chi connectivity index (χ0n) is 13.9. The van der Waals surface area contributed by atoms with Gasteiger partial charge in [-0.3, -0.25) is 0 Å². The van der Waals surface area contributed by atoms with Crippen molar-refractivity contribution in [2.45, 2.75) is 33.2 Å². The number of halogens is 3. The Morgan fingerprint density at radius 3 is 2.40 bits per heavy atom. The summed E-state index contributed by atoms with van der Waals surface area (Å²) in [6.07, 6.45) is -4.32. The van der Waals surface area contributed by atoms with Crippen LogP contribution < -0.4 is 5.32 Å². The molecule has 25 heavy (non-hydrogen) atoms. The van der Waals surface area contributed by atoms with Gasteiger partial charge in [0, 0.05) is 12.2 Å². The van der Waals surface area contributed by atoms with Gasteiger partial charge in [-0.1, -0.05) is 24.3 Å². The van der Waals surface area contributed by atoms with Gasteiger partial charge in [-0.25, -0.2) is 4.98 Å². The van der Waals surface area contributed by atoms with Crippen molar-refractivity contribution in [3.8, 4) is 6.07 Å². The van der Waals surface area contributed by atoms with Crippen molar-refractivity contribution in [1.29, 1.82) is 5.26 Å². The Morgan fingerprint density at radius 2 is 1.80 bits per heavy atom. The number of hydrogen-bond donors (Lipinski definition) is 1. The SMILES string of the molecule is Cc1cc(C)c(C#N)c(NCc2ccc(COCC(F)(F)F)cc2)n1. The van der Waals surface area contributed by atoms with Crippen LogP contribution in [0.1, 0.15) is 27.9 Å². The van der Waals surface area contributed by atoms with E-state index in [1.807, 2.05) is 19.9 Å². The lowest BCUT2D eigenvalue weighted by Gasteiger charge is -2.11. The number of pyridine rings is 1. The summed E-state index contributed by atoms with van der Waals surface area (Å²) < 4.78 is 40.7. The van der Waals surface area contributed by atoms with Gasteiger partial charge in [0.25, 0.3) is 0 Å². The van der Waals surface area contributed by atoms with E-state index in [1.54, 1.807) is 24.3 Å². The fourth-order valence-electron chi connectivity index (χ4n) is 2.33. The van der Waals surface area contributed by atoms with E-state index in [1.165, 1.54) is 0 Å². The van der Waals surface area contributed by atoms with Crippen molar-refractivity contribution in [2.75, 3.05) is 11.9 Å². The summed E-state index contributed by atoms with van der Waals surface area (Å²) in [6, 6.07) is 11.0. The Hall–Kier alpha value is -2.59. The predicted octanol–water partition coefficient (Wildman–Crippen LogP) is 4.26. The number of aryl methyl sites for hydroxylation is 2. The molecule has 0 aliphatic rings. The molecule has 1 aromatic carbocycles. The van der Waals surface area contributed by atoms with E-state index in [9.17, 15) is 18.4 Å². The van der Waals surface area contributed by atoms with Crippen molar-refractivity contribution in [2.24, 2.45) is 0 Å². The van der Waals surface area contributed by atoms with E-state index in [2.05, 4.69) is 21.1 Å². The summed E-state index contributed by atoms with van der Waals surface area (Å²) in [6.45, 7) is 2.81. The molecule has 0 spiro atoms. The molecule has 0 atom stereocenters. The van der Waals surface area contributed by atoms with Crippen molar-refractivity contribution < 1.29 is 17.9 Å². The number of anilines is 1. The van der Waals surface area contributed by atoms with Gasteiger partial charge in [0.05, 0.1) is 12.2 Å². The minimum Gasteiger partial charge on any atom is -0.367 e. The monoisotopic (exact) mass is 349 g/mol. The molecule has 132 valence electrons. The lowest BCUT2D eigenvalue weighted by Crippen LogP contribution is -2.16. The Balaban J connectivity index is 1.95. The third kappa shape index (κ3) is 5.76. The van der Waals surface area contributed by atoms with Crippen LogP contribution in [0, 0.1) is 25.2 Å². The van der Waals surface area contributed by atoms with Gasteiger partial charge in [0.2, 0.25) is 0 Å². The number of nitrogens with zero attached hydrogens (tertiary/aromatic N) is 2. The molecule has 0 radical (unpaired) electrons. The Morgan fingerprint density at radius 1 is 1.16 bits per heavy atom. The summed E-state index contributed by atoms with van der Waals surface area (Å²) in [5.74, 6) is 0.526. The molecule has 0 saturated carbocycles. The largest absolute Gasteiger partial charge is 0.411 e. The first-order valence-electron chi connectivity index (χ1n) is 7.63. The first kappa shape index (κ1) is 18.7. The van der Waals surface area contributed by atoms with Crippen LogP contribution in [0.15, 0.2) is 30.3 Å². The molecule has 0 bridgehead atoms. The van der Waals surface area contributed by atoms with Crippen molar-refractivity contribution >= 4 is 5.82 Å². The second-order valence-electron chi connectivity index (χ2n) is 5.69. The fourth-order valence-corrected chi connectivity index (χ4v) is 2.33. The Kier molecular flexibility index (Phi) is 5.99. The van der Waals surface area contributed by atoms with E-state index in [4.69, 9.17) is 0 Å². The van der Waals surface area contributed by atoms with Crippen LogP contribution in [0.3, 0.4) is 0 Å². The maximum absolute atomic E-state index is 12.0. The molecule has 2 aromatic rings. The molecule has 7 heteroatoms. The van der Waals surface area contributed by atoms with Crippen LogP contribution in [-0.4, -0.2) is 17.8 Å². The molecule has 0 fully saturated rings. The van der Waals surface area contributed by atoms with Crippen LogP contribution in [0.4, 0.5) is 19.0 Å². The number of benzene rings is 1. The van der Waals surface area contributed by atoms with Crippen LogP contribution in [0.25, 0.3) is 0 Å². The van der Waals surface area contributed by atoms with Gasteiger partial charge < -0.3 is 10.1 Å². The molecule has 0 unspecified atom stereocenters. The molecule has 0 amide bonds. The second-order valence-corrected chi connectivity index (χ2v) is 5.69. The average molecular weight is 349 g/mol. The van der Waals surface area contributed by atoms with Gasteiger partial charge >= 0.3 is 6.18 Å². The third-order valence-electron chi connectivity index (χ3n) is 3.47. The number of rotatable bonds is 6. The number of nitrogens with one attached hydrogen (secondary N) is 1. The summed E-state index contributed by atoms with van der Waals surface area (Å²) in [5.41, 5.74) is 3.76. The Labute approximate surface area is 144 Å². The van der Waals surface area contributed by atoms with Crippen LogP contribution in [0.2, 0.25) is 0 Å². The number of hydrogen-bond acceptors (Lipinski definition) is 4. The molecule has 0 aliphatic carbocycles. The standard InChI is InChI=1S/C18H18F3N3O/c1-12-7-13(2)24-17(16(12)8-22)23-9-14-3-5-15(6-4-14)10-25-11-18(19,20)21/h3-7H,9-11H2,1-2H3,(H,23,24). The van der Waals surface area contributed by atoms with Gasteiger partial charge in [-0.05, 0) is 36.6 Å². The lowest BCUT2D eigenvalue weighted by molar-refractivity contribution is -0.176. The minimum atomic E-state index is -4.32. The number of ether oxygens (including phenoxy) is 1. The topological polar surface area (TPSA) is 57.9 Å². The molecule has 1 heterocycles. The number of alkyl halides is 3. The maximum Gasteiger partial charge on any atom is 0.411 e. The molecular formula is C18H18F3N3O. The quantitative estimate of drug-likeness (QED) is 0.846. The second kappa shape index (κ2) is 7.99. The number of nitriles is 1. The van der Waals surface area contributed by atoms with E-state index >= 15 is 0 Å². The van der Waals surface area contributed by atoms with Gasteiger partial charge in [-0.2, -0.15) is 18.4 Å². The smallest absolute Gasteiger partial charge is 0.367 e. The van der Waals surface area contributed by atoms with E-state index in [0.717, 1.165) is 16.8 Å². The maximum atomic E-state index is 12.0. The average Bonchev–Trinajstić information content (AvgIpc) is 2.52. The highest BCUT2D eigenvalue weighted by Gasteiger charge is 2.27. The van der Waals surface area contributed by atoms with Crippen molar-refractivity contribution in [3.05, 3.63) is 58.3 Å². The van der Waals surface area contributed by atoms with Crippen molar-refractivity contribution in [3.63, 3.8) is 0 Å². The molecule has 1 aromatic heterocycles. The van der Waals surface area contributed by atoms with Crippen LogP contribution in [-0.2, 0) is 17.9 Å². The summed E-state index contributed by atoms with van der Waals surface area (Å²) in [5, 5.41) is 12.4. The summed E-state index contributed by atoms with van der Waals surface area (Å²) in [7, 11) is 0. The normalized spacial score (nSPS) is 11.2. The molecule has 0 saturated heterocycles. The summed E-state index contributed by atoms with van der Waals surface area (Å²) >= 11 is 0. The molecule has 2 rings (SSSR count). The first-order valence-corrected chi connectivity index (χ1v) is 7.63. The van der Waals surface area contributed by atoms with Crippen LogP contribution in [0.5, 0.6) is 0 Å². The molecule has 1 N–H and O–H groups in total. The molecular weight excluding hydrogens is 331 g/mol. The molecule has 0 aliphatic heterocycles. The van der Waals surface area contributed by atoms with E-state index in [-0.39, 0.29) is 6.61 Å². The zero-order chi connectivity index (χ0) is 18.4. The predicted molar refractivity (Wildman–Crippen MR) is 87.9 cm³/mol. The lowest BCUT2D eigenvalue weighted by atomic mass is 10.1. The van der Waals surface area contributed by atoms with Gasteiger partial charge in [0.1, 0.15) is 18.5 Å². The number of aromatic nitrogens is 1. The van der Waals surface area contributed by atoms with Crippen LogP contribution >= 0.6 is 0 Å². The van der Waals surface area contributed by atoms with E-state index in [0.29, 0.717) is 23.5 Å². The zero-order valence-corrected chi connectivity index (χ0v) is 13.9. The van der Waals surface area contributed by atoms with Gasteiger partial charge in [0.15, 0.2) is 0 Å². The highest BCUT2D eigenvalue weighted by atomic mass is 19.4. The molecule has 4 nitrogen and oxygen atoms in total. The highest BCUT2D eigenvalue weighted by molar-refractivity contribution is 5.56. The van der Waals surface area contributed by atoms with E-state index < -0.39 is 12.8 Å². The first-order chi connectivity index (χ1) is 11.8. The highest BCUT2D eigenvalue weighted by Crippen LogP contribution is 2.19. The fraction of sp³-hybridized carbons (Fsp3) is 0.333. The van der Waals surface area contributed by atoms with Gasteiger partial charge in [-0.15, -0.1) is 0 Å². The third-order valence-corrected chi connectivity index (χ3v) is 3.47. The summed E-state index contributed by atoms with van der Waals surface area (Å²) in [4.78, 5) is 4.34.